The zero-order valence-corrected chi connectivity index (χ0v) is 27.8. The molecule has 0 unspecified atom stereocenters. The van der Waals surface area contributed by atoms with Crippen LogP contribution in [0.15, 0.2) is 0 Å². The van der Waals surface area contributed by atoms with Crippen LogP contribution < -0.4 is 22.1 Å². The summed E-state index contributed by atoms with van der Waals surface area (Å²) in [6, 6.07) is -0.486. The molecule has 0 aromatic rings. The Kier molecular flexibility index (Phi) is 8.88. The first-order chi connectivity index (χ1) is 22.1. The van der Waals surface area contributed by atoms with Gasteiger partial charge in [-0.2, -0.15) is 0 Å². The van der Waals surface area contributed by atoms with Gasteiger partial charge in [0.15, 0.2) is 11.9 Å². The van der Waals surface area contributed by atoms with Crippen LogP contribution in [0.2, 0.25) is 0 Å². The van der Waals surface area contributed by atoms with Gasteiger partial charge in [0.05, 0.1) is 0 Å². The molecule has 4 amide bonds. The van der Waals surface area contributed by atoms with Gasteiger partial charge in [-0.05, 0) is 123 Å². The molecule has 0 spiro atoms. The number of hydrogen-bond donors (Lipinski definition) is 6. The topological polar surface area (TPSA) is 171 Å². The summed E-state index contributed by atoms with van der Waals surface area (Å²) < 4.78 is 0. The second kappa shape index (κ2) is 12.8. The number of piperazine rings is 1. The predicted molar refractivity (Wildman–Crippen MR) is 178 cm³/mol. The second-order valence-electron chi connectivity index (χ2n) is 16.9. The minimum atomic E-state index is -0.243. The quantitative estimate of drug-likeness (QED) is 0.159. The standard InChI is InChI=1S/C34H58N10O2/c35-29(36)43(31(45)39-21-33-15-23-9-24(16-33)11-25(10-23)17-33)7-5-41-1-2-42(4-3-41)6-8-44(30(37)38)32(46)40-22-34-18-26-12-27(19-34)14-28(13-26)20-34/h23-28H,1-22H2,(H3,35,36)(H3,37,38)(H,39,45)(H,40,46). The van der Waals surface area contributed by atoms with Gasteiger partial charge in [-0.1, -0.05) is 0 Å². The first-order valence-corrected chi connectivity index (χ1v) is 18.3. The van der Waals surface area contributed by atoms with Gasteiger partial charge in [0.2, 0.25) is 0 Å². The van der Waals surface area contributed by atoms with Crippen molar-refractivity contribution >= 4 is 24.0 Å². The summed E-state index contributed by atoms with van der Waals surface area (Å²) in [5, 5.41) is 22.5. The van der Waals surface area contributed by atoms with Crippen molar-refractivity contribution in [1.29, 1.82) is 10.8 Å². The van der Waals surface area contributed by atoms with Crippen LogP contribution in [0.25, 0.3) is 0 Å². The molecule has 8 bridgehead atoms. The highest BCUT2D eigenvalue weighted by molar-refractivity contribution is 5.94. The Morgan fingerprint density at radius 2 is 0.870 bits per heavy atom. The summed E-state index contributed by atoms with van der Waals surface area (Å²) in [6.45, 7) is 6.84. The lowest BCUT2D eigenvalue weighted by molar-refractivity contribution is -0.0501. The Balaban J connectivity index is 0.819. The minimum absolute atomic E-state index is 0.201. The molecule has 8 N–H and O–H groups in total. The van der Waals surface area contributed by atoms with E-state index in [-0.39, 0.29) is 34.8 Å². The van der Waals surface area contributed by atoms with E-state index in [1.54, 1.807) is 0 Å². The molecule has 46 heavy (non-hydrogen) atoms. The van der Waals surface area contributed by atoms with Crippen molar-refractivity contribution in [3.63, 3.8) is 0 Å². The average Bonchev–Trinajstić information content (AvgIpc) is 2.98. The first-order valence-electron chi connectivity index (χ1n) is 18.3. The third-order valence-electron chi connectivity index (χ3n) is 13.4. The third kappa shape index (κ3) is 6.84. The van der Waals surface area contributed by atoms with Crippen molar-refractivity contribution in [3.05, 3.63) is 0 Å². The molecule has 0 aromatic carbocycles. The van der Waals surface area contributed by atoms with Crippen LogP contribution in [0, 0.1) is 57.2 Å². The lowest BCUT2D eigenvalue weighted by Gasteiger charge is -2.57. The summed E-state index contributed by atoms with van der Waals surface area (Å²) >= 11 is 0. The number of urea groups is 2. The van der Waals surface area contributed by atoms with Crippen molar-refractivity contribution in [2.24, 2.45) is 57.8 Å². The number of nitrogens with zero attached hydrogens (tertiary/aromatic N) is 4. The van der Waals surface area contributed by atoms with Crippen molar-refractivity contribution in [2.45, 2.75) is 77.0 Å². The van der Waals surface area contributed by atoms with E-state index in [4.69, 9.17) is 22.3 Å². The van der Waals surface area contributed by atoms with E-state index in [1.807, 2.05) is 0 Å². The Hall–Kier alpha value is -2.60. The van der Waals surface area contributed by atoms with E-state index >= 15 is 0 Å². The van der Waals surface area contributed by atoms with E-state index < -0.39 is 0 Å². The van der Waals surface area contributed by atoms with Crippen LogP contribution in [-0.4, -0.2) is 109 Å². The van der Waals surface area contributed by atoms with Gasteiger partial charge in [0.1, 0.15) is 0 Å². The van der Waals surface area contributed by atoms with Gasteiger partial charge >= 0.3 is 12.1 Å². The molecule has 9 fully saturated rings. The summed E-state index contributed by atoms with van der Waals surface area (Å²) in [6.07, 6.45) is 15.7. The maximum atomic E-state index is 13.2. The SMILES string of the molecule is N=C(N)N(CCN1CCN(CCN(C(=N)N)C(=O)NCC23CC4CC(CC(C4)C2)C3)CC1)C(=O)NCC12CC3CC(CC(C3)C1)C2. The number of guanidine groups is 2. The molecule has 1 saturated heterocycles. The van der Waals surface area contributed by atoms with Crippen LogP contribution >= 0.6 is 0 Å². The zero-order valence-electron chi connectivity index (χ0n) is 27.8. The monoisotopic (exact) mass is 638 g/mol. The maximum Gasteiger partial charge on any atom is 0.324 e. The van der Waals surface area contributed by atoms with Crippen molar-refractivity contribution < 1.29 is 9.59 Å². The van der Waals surface area contributed by atoms with E-state index in [9.17, 15) is 9.59 Å². The Labute approximate surface area is 274 Å². The number of nitrogens with two attached hydrogens (primary N) is 2. The van der Waals surface area contributed by atoms with Crippen molar-refractivity contribution in [3.8, 4) is 0 Å². The van der Waals surface area contributed by atoms with Gasteiger partial charge in [-0.25, -0.2) is 9.59 Å². The lowest BCUT2D eigenvalue weighted by atomic mass is 9.49. The second-order valence-corrected chi connectivity index (χ2v) is 16.9. The van der Waals surface area contributed by atoms with Crippen LogP contribution in [0.4, 0.5) is 9.59 Å². The molecule has 1 heterocycles. The molecule has 8 saturated carbocycles. The Morgan fingerprint density at radius 1 is 0.587 bits per heavy atom. The molecule has 8 aliphatic carbocycles. The smallest absolute Gasteiger partial charge is 0.324 e. The van der Waals surface area contributed by atoms with Gasteiger partial charge in [-0.15, -0.1) is 0 Å². The Morgan fingerprint density at radius 3 is 1.13 bits per heavy atom. The fourth-order valence-electron chi connectivity index (χ4n) is 12.1. The molecular weight excluding hydrogens is 580 g/mol. The van der Waals surface area contributed by atoms with Crippen LogP contribution in [0.1, 0.15) is 77.0 Å². The van der Waals surface area contributed by atoms with E-state index in [1.165, 1.54) is 86.8 Å². The normalized spacial score (nSPS) is 37.7. The number of amides is 4. The van der Waals surface area contributed by atoms with Gasteiger partial charge in [0.25, 0.3) is 0 Å². The summed E-state index contributed by atoms with van der Waals surface area (Å²) in [5.41, 5.74) is 12.3. The number of hydrogen-bond acceptors (Lipinski definition) is 6. The number of rotatable bonds is 10. The fraction of sp³-hybridized carbons (Fsp3) is 0.882. The highest BCUT2D eigenvalue weighted by Crippen LogP contribution is 2.60. The van der Waals surface area contributed by atoms with E-state index in [2.05, 4.69) is 20.4 Å². The number of carbonyl (C=O) groups excluding carboxylic acids is 2. The lowest BCUT2D eigenvalue weighted by Crippen LogP contribution is -2.56. The fourth-order valence-corrected chi connectivity index (χ4v) is 12.1. The number of nitrogens with one attached hydrogen (secondary N) is 4. The third-order valence-corrected chi connectivity index (χ3v) is 13.4. The average molecular weight is 639 g/mol. The Bertz CT molecular complexity index is 1020. The largest absolute Gasteiger partial charge is 0.370 e. The number of carbonyl (C=O) groups is 2. The van der Waals surface area contributed by atoms with Gasteiger partial charge in [0, 0.05) is 65.4 Å². The highest BCUT2D eigenvalue weighted by Gasteiger charge is 2.52. The van der Waals surface area contributed by atoms with Crippen LogP contribution in [-0.2, 0) is 0 Å². The maximum absolute atomic E-state index is 13.2. The van der Waals surface area contributed by atoms with Gasteiger partial charge < -0.3 is 22.1 Å². The zero-order chi connectivity index (χ0) is 32.1. The summed E-state index contributed by atoms with van der Waals surface area (Å²) in [5.74, 6) is 4.62. The minimum Gasteiger partial charge on any atom is -0.370 e. The van der Waals surface area contributed by atoms with E-state index in [0.29, 0.717) is 39.3 Å². The molecular formula is C34H58N10O2. The molecule has 9 rings (SSSR count). The molecule has 12 nitrogen and oxygen atoms in total. The summed E-state index contributed by atoms with van der Waals surface area (Å²) in [7, 11) is 0. The molecule has 0 atom stereocenters. The molecule has 9 aliphatic rings. The van der Waals surface area contributed by atoms with Crippen LogP contribution in [0.3, 0.4) is 0 Å². The predicted octanol–water partition coefficient (Wildman–Crippen LogP) is 2.85. The van der Waals surface area contributed by atoms with Crippen molar-refractivity contribution in [2.75, 3.05) is 65.4 Å². The molecule has 0 radical (unpaired) electrons. The summed E-state index contributed by atoms with van der Waals surface area (Å²) in [4.78, 5) is 33.7. The molecule has 0 aromatic heterocycles. The molecule has 256 valence electrons. The first kappa shape index (κ1) is 32.0. The van der Waals surface area contributed by atoms with E-state index in [0.717, 1.165) is 61.7 Å². The highest BCUT2D eigenvalue weighted by atomic mass is 16.2. The molecule has 12 heteroatoms. The van der Waals surface area contributed by atoms with Gasteiger partial charge in [-0.3, -0.25) is 30.4 Å². The van der Waals surface area contributed by atoms with Crippen LogP contribution in [0.5, 0.6) is 0 Å². The van der Waals surface area contributed by atoms with Crippen molar-refractivity contribution in [1.82, 2.24) is 30.2 Å². The molecule has 1 aliphatic heterocycles.